The van der Waals surface area contributed by atoms with E-state index in [1.807, 2.05) is 0 Å². The van der Waals surface area contributed by atoms with Crippen molar-refractivity contribution in [2.45, 2.75) is 6.42 Å². The molecule has 1 atom stereocenters. The summed E-state index contributed by atoms with van der Waals surface area (Å²) in [5.74, 6) is -8.60. The van der Waals surface area contributed by atoms with Gasteiger partial charge in [0.1, 0.15) is 0 Å². The molecule has 0 aliphatic carbocycles. The summed E-state index contributed by atoms with van der Waals surface area (Å²) in [5, 5.41) is 10.8. The molecule has 2 rings (SSSR count). The van der Waals surface area contributed by atoms with Crippen molar-refractivity contribution >= 4 is 37.0 Å². The van der Waals surface area contributed by atoms with Gasteiger partial charge in [-0.05, 0) is 6.42 Å². The SMILES string of the molecule is O=C(O)C(=O)N1CC[C@H](C(=O)Nc2cc(F)c(F)c(F)c2)C1.S. The lowest BCUT2D eigenvalue weighted by Gasteiger charge is -2.14. The second kappa shape index (κ2) is 7.36. The summed E-state index contributed by atoms with van der Waals surface area (Å²) in [6.45, 7) is -0.0154. The molecule has 6 nitrogen and oxygen atoms in total. The largest absolute Gasteiger partial charge is 0.474 e. The fourth-order valence-electron chi connectivity index (χ4n) is 2.17. The first-order valence-corrected chi connectivity index (χ1v) is 6.27. The van der Waals surface area contributed by atoms with Gasteiger partial charge in [0.15, 0.2) is 17.5 Å². The van der Waals surface area contributed by atoms with Gasteiger partial charge in [0.05, 0.1) is 5.92 Å². The highest BCUT2D eigenvalue weighted by atomic mass is 32.1. The molecule has 0 spiro atoms. The van der Waals surface area contributed by atoms with E-state index in [9.17, 15) is 27.6 Å². The number of halogens is 3. The zero-order valence-corrected chi connectivity index (χ0v) is 12.6. The Hall–Kier alpha value is -2.23. The molecule has 0 aromatic heterocycles. The number of anilines is 1. The molecule has 1 aliphatic rings. The number of carbonyl (C=O) groups is 3. The van der Waals surface area contributed by atoms with E-state index in [1.165, 1.54) is 0 Å². The van der Waals surface area contributed by atoms with Gasteiger partial charge in [0, 0.05) is 30.9 Å². The van der Waals surface area contributed by atoms with Crippen molar-refractivity contribution in [3.63, 3.8) is 0 Å². The van der Waals surface area contributed by atoms with E-state index in [-0.39, 0.29) is 38.7 Å². The maximum Gasteiger partial charge on any atom is 0.394 e. The van der Waals surface area contributed by atoms with Crippen LogP contribution in [0, 0.1) is 23.4 Å². The fourth-order valence-corrected chi connectivity index (χ4v) is 2.17. The van der Waals surface area contributed by atoms with Gasteiger partial charge >= 0.3 is 11.9 Å². The quantitative estimate of drug-likeness (QED) is 0.617. The summed E-state index contributed by atoms with van der Waals surface area (Å²) in [5.41, 5.74) is -0.260. The fraction of sp³-hybridized carbons (Fsp3) is 0.308. The van der Waals surface area contributed by atoms with Crippen molar-refractivity contribution in [2.75, 3.05) is 18.4 Å². The molecule has 0 radical (unpaired) electrons. The van der Waals surface area contributed by atoms with Crippen LogP contribution in [0.15, 0.2) is 12.1 Å². The highest BCUT2D eigenvalue weighted by Crippen LogP contribution is 2.21. The Labute approximate surface area is 135 Å². The molecule has 23 heavy (non-hydrogen) atoms. The summed E-state index contributed by atoms with van der Waals surface area (Å²) < 4.78 is 38.9. The first-order valence-electron chi connectivity index (χ1n) is 6.27. The molecule has 2 amide bonds. The smallest absolute Gasteiger partial charge is 0.394 e. The highest BCUT2D eigenvalue weighted by molar-refractivity contribution is 7.59. The van der Waals surface area contributed by atoms with Crippen molar-refractivity contribution in [2.24, 2.45) is 5.92 Å². The van der Waals surface area contributed by atoms with Crippen LogP contribution >= 0.6 is 13.5 Å². The molecule has 1 aromatic rings. The van der Waals surface area contributed by atoms with E-state index in [2.05, 4.69) is 5.32 Å². The van der Waals surface area contributed by atoms with Gasteiger partial charge in [-0.2, -0.15) is 13.5 Å². The minimum absolute atomic E-state index is 0. The summed E-state index contributed by atoms with van der Waals surface area (Å²) in [4.78, 5) is 34.7. The van der Waals surface area contributed by atoms with E-state index in [0.29, 0.717) is 12.1 Å². The third kappa shape index (κ3) is 4.15. The van der Waals surface area contributed by atoms with E-state index < -0.39 is 41.2 Å². The molecule has 10 heteroatoms. The van der Waals surface area contributed by atoms with Crippen molar-refractivity contribution in [3.8, 4) is 0 Å². The number of nitrogens with zero attached hydrogens (tertiary/aromatic N) is 1. The molecule has 1 aliphatic heterocycles. The van der Waals surface area contributed by atoms with Crippen molar-refractivity contribution < 1.29 is 32.7 Å². The minimum Gasteiger partial charge on any atom is -0.474 e. The van der Waals surface area contributed by atoms with Gasteiger partial charge < -0.3 is 15.3 Å². The summed E-state index contributed by atoms with van der Waals surface area (Å²) in [6, 6.07) is 1.26. The van der Waals surface area contributed by atoms with Crippen LogP contribution in [0.2, 0.25) is 0 Å². The van der Waals surface area contributed by atoms with E-state index in [0.717, 1.165) is 4.90 Å². The Kier molecular flexibility index (Phi) is 6.02. The molecule has 1 heterocycles. The average Bonchev–Trinajstić information content (AvgIpc) is 2.93. The number of hydrogen-bond acceptors (Lipinski definition) is 3. The van der Waals surface area contributed by atoms with Crippen LogP contribution in [-0.2, 0) is 14.4 Å². The molecule has 0 bridgehead atoms. The van der Waals surface area contributed by atoms with Gasteiger partial charge in [-0.15, -0.1) is 0 Å². The monoisotopic (exact) mass is 350 g/mol. The lowest BCUT2D eigenvalue weighted by atomic mass is 10.1. The number of hydrogen-bond donors (Lipinski definition) is 2. The number of carbonyl (C=O) groups excluding carboxylic acids is 2. The Bertz CT molecular complexity index is 633. The van der Waals surface area contributed by atoms with E-state index in [4.69, 9.17) is 5.11 Å². The molecule has 0 saturated carbocycles. The number of carboxylic acid groups (broad SMARTS) is 1. The molecule has 1 aromatic carbocycles. The van der Waals surface area contributed by atoms with Crippen LogP contribution in [0.3, 0.4) is 0 Å². The number of amides is 2. The lowest BCUT2D eigenvalue weighted by molar-refractivity contribution is -0.155. The van der Waals surface area contributed by atoms with Crippen LogP contribution < -0.4 is 5.32 Å². The number of aliphatic carboxylic acids is 1. The van der Waals surface area contributed by atoms with Gasteiger partial charge in [-0.3, -0.25) is 9.59 Å². The molecule has 0 unspecified atom stereocenters. The first kappa shape index (κ1) is 18.8. The Morgan fingerprint density at radius 3 is 2.26 bits per heavy atom. The number of benzene rings is 1. The number of carboxylic acids is 1. The second-order valence-electron chi connectivity index (χ2n) is 4.79. The zero-order chi connectivity index (χ0) is 16.4. The summed E-state index contributed by atoms with van der Waals surface area (Å²) in [7, 11) is 0. The highest BCUT2D eigenvalue weighted by Gasteiger charge is 2.33. The predicted molar refractivity (Wildman–Crippen MR) is 77.6 cm³/mol. The molecule has 2 N–H and O–H groups in total. The van der Waals surface area contributed by atoms with Gasteiger partial charge in [0.25, 0.3) is 0 Å². The van der Waals surface area contributed by atoms with Gasteiger partial charge in [0.2, 0.25) is 5.91 Å². The Balaban J connectivity index is 0.00000264. The first-order chi connectivity index (χ1) is 10.3. The Morgan fingerprint density at radius 2 is 1.74 bits per heavy atom. The van der Waals surface area contributed by atoms with Crippen LogP contribution in [0.25, 0.3) is 0 Å². The third-order valence-electron chi connectivity index (χ3n) is 3.28. The topological polar surface area (TPSA) is 86.7 Å². The number of rotatable bonds is 2. The summed E-state index contributed by atoms with van der Waals surface area (Å²) in [6.07, 6.45) is 0.219. The molecule has 1 saturated heterocycles. The van der Waals surface area contributed by atoms with Gasteiger partial charge in [-0.1, -0.05) is 0 Å². The van der Waals surface area contributed by atoms with E-state index >= 15 is 0 Å². The van der Waals surface area contributed by atoms with Crippen LogP contribution in [-0.4, -0.2) is 40.9 Å². The minimum atomic E-state index is -1.64. The zero-order valence-electron chi connectivity index (χ0n) is 11.6. The van der Waals surface area contributed by atoms with Crippen LogP contribution in [0.4, 0.5) is 18.9 Å². The maximum atomic E-state index is 13.0. The summed E-state index contributed by atoms with van der Waals surface area (Å²) >= 11 is 0. The van der Waals surface area contributed by atoms with Crippen LogP contribution in [0.5, 0.6) is 0 Å². The average molecular weight is 350 g/mol. The predicted octanol–water partition coefficient (Wildman–Crippen LogP) is 1.09. The lowest BCUT2D eigenvalue weighted by Crippen LogP contribution is -2.36. The van der Waals surface area contributed by atoms with Crippen LogP contribution in [0.1, 0.15) is 6.42 Å². The second-order valence-corrected chi connectivity index (χ2v) is 4.79. The molecule has 126 valence electrons. The Morgan fingerprint density at radius 1 is 1.17 bits per heavy atom. The van der Waals surface area contributed by atoms with Crippen molar-refractivity contribution in [1.82, 2.24) is 4.90 Å². The standard InChI is InChI=1S/C13H11F3N2O4.H2S/c14-8-3-7(4-9(15)10(8)16)17-11(19)6-1-2-18(5-6)12(20)13(21)22;/h3-4,6H,1-2,5H2,(H,17,19)(H,21,22);1H2/t6-;/m0./s1. The molecule has 1 fully saturated rings. The van der Waals surface area contributed by atoms with Gasteiger partial charge in [-0.25, -0.2) is 18.0 Å². The third-order valence-corrected chi connectivity index (χ3v) is 3.28. The number of nitrogens with one attached hydrogen (secondary N) is 1. The normalized spacial score (nSPS) is 16.7. The number of likely N-dealkylation sites (tertiary alicyclic amines) is 1. The van der Waals surface area contributed by atoms with Crippen molar-refractivity contribution in [1.29, 1.82) is 0 Å². The molecular weight excluding hydrogens is 337 g/mol. The van der Waals surface area contributed by atoms with Crippen molar-refractivity contribution in [3.05, 3.63) is 29.6 Å². The maximum absolute atomic E-state index is 13.0. The van der Waals surface area contributed by atoms with E-state index in [1.54, 1.807) is 0 Å². The molecular formula is C13H13F3N2O4S.